The maximum atomic E-state index is 8.30. The summed E-state index contributed by atoms with van der Waals surface area (Å²) in [5.41, 5.74) is 12.9. The second kappa shape index (κ2) is 14.2. The maximum Gasteiger partial charge on any atom is 0.0887 e. The molecule has 0 aliphatic heterocycles. The van der Waals surface area contributed by atoms with E-state index in [-0.39, 0.29) is 16.2 Å². The number of allylic oxidation sites excluding steroid dienone is 3. The van der Waals surface area contributed by atoms with Gasteiger partial charge in [-0.25, -0.2) is 0 Å². The van der Waals surface area contributed by atoms with Crippen LogP contribution in [-0.4, -0.2) is 0 Å². The minimum Gasteiger partial charge on any atom is -0.309 e. The van der Waals surface area contributed by atoms with Crippen LogP contribution in [0.5, 0.6) is 0 Å². The van der Waals surface area contributed by atoms with E-state index in [1.807, 2.05) is 0 Å². The van der Waals surface area contributed by atoms with Crippen molar-refractivity contribution in [2.24, 2.45) is 22.7 Å². The van der Waals surface area contributed by atoms with E-state index < -0.39 is 0 Å². The van der Waals surface area contributed by atoms with Crippen LogP contribution in [-0.2, 0) is 10.8 Å². The number of halogens is 1. The molecule has 4 fully saturated rings. The van der Waals surface area contributed by atoms with Gasteiger partial charge in [-0.15, -0.1) is 0 Å². The molecule has 0 radical (unpaired) electrons. The first-order valence-corrected chi connectivity index (χ1v) is 23.9. The zero-order chi connectivity index (χ0) is 42.7. The van der Waals surface area contributed by atoms with E-state index in [2.05, 4.69) is 201 Å². The zero-order valence-corrected chi connectivity index (χ0v) is 37.9. The monoisotopic (exact) mass is 840 g/mol. The van der Waals surface area contributed by atoms with Gasteiger partial charge in [-0.2, -0.15) is 0 Å². The van der Waals surface area contributed by atoms with Gasteiger partial charge in [0.05, 0.1) is 27.8 Å². The molecule has 3 heteroatoms. The molecule has 63 heavy (non-hydrogen) atoms. The van der Waals surface area contributed by atoms with E-state index in [9.17, 15) is 0 Å². The predicted molar refractivity (Wildman–Crippen MR) is 267 cm³/mol. The smallest absolute Gasteiger partial charge is 0.0887 e. The highest BCUT2D eigenvalue weighted by molar-refractivity contribution is 6.37. The molecule has 0 N–H and O–H groups in total. The molecular formula is C60H57ClN2. The largest absolute Gasteiger partial charge is 0.309 e. The van der Waals surface area contributed by atoms with Gasteiger partial charge in [-0.3, -0.25) is 0 Å². The van der Waals surface area contributed by atoms with E-state index in [1.165, 1.54) is 89.7 Å². The molecule has 4 saturated carbocycles. The Bertz CT molecular complexity index is 3000. The molecule has 7 aromatic carbocycles. The molecule has 2 atom stereocenters. The number of hydrogen-bond donors (Lipinski definition) is 0. The number of rotatable bonds is 7. The molecule has 0 saturated heterocycles. The lowest BCUT2D eigenvalue weighted by Gasteiger charge is -2.60. The van der Waals surface area contributed by atoms with Gasteiger partial charge in [0.15, 0.2) is 0 Å². The molecule has 14 rings (SSSR count). The van der Waals surface area contributed by atoms with Crippen molar-refractivity contribution in [3.63, 3.8) is 0 Å². The number of fused-ring (bicyclic) bond motifs is 6. The Morgan fingerprint density at radius 3 is 1.62 bits per heavy atom. The Morgan fingerprint density at radius 2 is 0.984 bits per heavy atom. The van der Waals surface area contributed by atoms with Crippen LogP contribution >= 0.6 is 11.6 Å². The lowest BCUT2D eigenvalue weighted by Crippen LogP contribution is -2.51. The van der Waals surface area contributed by atoms with Crippen LogP contribution < -0.4 is 9.80 Å². The fourth-order valence-corrected chi connectivity index (χ4v) is 13.4. The van der Waals surface area contributed by atoms with Crippen molar-refractivity contribution in [3.8, 4) is 11.1 Å². The van der Waals surface area contributed by atoms with Crippen LogP contribution in [0.3, 0.4) is 0 Å². The average molecular weight is 842 g/mol. The van der Waals surface area contributed by atoms with E-state index in [0.29, 0.717) is 17.3 Å². The summed E-state index contributed by atoms with van der Waals surface area (Å²) in [4.78, 5) is 5.00. The standard InChI is InChI=1S/C60H57ClN2/c1-57-28-32-59(3,33-29-57)50-38-44(24-26-48(50)57)62(52-22-12-18-41-16-8-10-20-46(41)52)54-36-43(40-14-6-5-7-15-40)37-55(56(54)61)63(53-23-13-19-42-17-9-11-21-47(42)53)45-25-27-49-51(39-45)60(4)34-30-58(49,2)31-35-60/h5-27,36-39,48,50H,28-35H2,1-4H3. The molecule has 2 nitrogen and oxygen atoms in total. The molecule has 0 aromatic heterocycles. The second-order valence-corrected chi connectivity index (χ2v) is 21.4. The first-order chi connectivity index (χ1) is 30.5. The third-order valence-corrected chi connectivity index (χ3v) is 17.7. The van der Waals surface area contributed by atoms with Crippen molar-refractivity contribution < 1.29 is 0 Å². The van der Waals surface area contributed by atoms with Crippen molar-refractivity contribution >= 4 is 61.6 Å². The molecule has 314 valence electrons. The fraction of sp³-hybridized carbons (Fsp3) is 0.300. The predicted octanol–water partition coefficient (Wildman–Crippen LogP) is 17.3. The van der Waals surface area contributed by atoms with Crippen LogP contribution in [0, 0.1) is 22.7 Å². The van der Waals surface area contributed by atoms with Gasteiger partial charge in [-0.1, -0.05) is 161 Å². The third-order valence-electron chi connectivity index (χ3n) is 17.3. The van der Waals surface area contributed by atoms with Gasteiger partial charge in [0.1, 0.15) is 0 Å². The Kier molecular flexibility index (Phi) is 8.81. The Balaban J connectivity index is 1.15. The number of hydrogen-bond acceptors (Lipinski definition) is 2. The van der Waals surface area contributed by atoms with Crippen LogP contribution in [0.25, 0.3) is 32.7 Å². The minimum atomic E-state index is 0.156. The van der Waals surface area contributed by atoms with Crippen LogP contribution in [0.1, 0.15) is 90.2 Å². The molecule has 0 amide bonds. The lowest BCUT2D eigenvalue weighted by molar-refractivity contribution is -0.0633. The Morgan fingerprint density at radius 1 is 0.460 bits per heavy atom. The molecule has 0 heterocycles. The molecule has 4 bridgehead atoms. The topological polar surface area (TPSA) is 6.48 Å². The van der Waals surface area contributed by atoms with E-state index in [0.717, 1.165) is 44.6 Å². The third kappa shape index (κ3) is 6.04. The van der Waals surface area contributed by atoms with E-state index in [1.54, 1.807) is 0 Å². The highest BCUT2D eigenvalue weighted by atomic mass is 35.5. The van der Waals surface area contributed by atoms with Crippen molar-refractivity contribution in [2.45, 2.75) is 89.9 Å². The van der Waals surface area contributed by atoms with Crippen molar-refractivity contribution in [3.05, 3.63) is 186 Å². The number of nitrogens with zero attached hydrogens (tertiary/aromatic N) is 2. The van der Waals surface area contributed by atoms with Crippen LogP contribution in [0.2, 0.25) is 5.02 Å². The van der Waals surface area contributed by atoms with Gasteiger partial charge in [0.2, 0.25) is 0 Å². The van der Waals surface area contributed by atoms with Crippen molar-refractivity contribution in [1.82, 2.24) is 0 Å². The quantitative estimate of drug-likeness (QED) is 0.158. The van der Waals surface area contributed by atoms with E-state index in [4.69, 9.17) is 11.6 Å². The molecular weight excluding hydrogens is 784 g/mol. The van der Waals surface area contributed by atoms with Crippen molar-refractivity contribution in [1.29, 1.82) is 0 Å². The number of benzene rings is 7. The van der Waals surface area contributed by atoms with Crippen LogP contribution in [0.4, 0.5) is 28.4 Å². The SMILES string of the molecule is CC12CCC(C)(CC1)c1cc(N(c3cc(-c4ccccc4)cc(N(C4=CC5C(C=C4)C4(C)CCC5(C)CC4)c4cccc5ccccc45)c3Cl)c3cccc4ccccc34)ccc12. The normalized spacial score (nSPS) is 27.9. The van der Waals surface area contributed by atoms with Gasteiger partial charge < -0.3 is 9.80 Å². The molecule has 7 aliphatic carbocycles. The van der Waals surface area contributed by atoms with Gasteiger partial charge in [-0.05, 0) is 160 Å². The van der Waals surface area contributed by atoms with Gasteiger partial charge in [0.25, 0.3) is 0 Å². The molecule has 7 aliphatic rings. The second-order valence-electron chi connectivity index (χ2n) is 21.0. The summed E-state index contributed by atoms with van der Waals surface area (Å²) < 4.78 is 0. The Hall–Kier alpha value is -5.57. The van der Waals surface area contributed by atoms with Crippen molar-refractivity contribution in [2.75, 3.05) is 9.80 Å². The lowest BCUT2D eigenvalue weighted by atomic mass is 9.45. The molecule has 7 aromatic rings. The molecule has 2 unspecified atom stereocenters. The fourth-order valence-electron chi connectivity index (χ4n) is 13.1. The Labute approximate surface area is 378 Å². The first-order valence-electron chi connectivity index (χ1n) is 23.5. The summed E-state index contributed by atoms with van der Waals surface area (Å²) in [6.45, 7) is 10.1. The van der Waals surface area contributed by atoms with Gasteiger partial charge in [0, 0.05) is 22.2 Å². The first kappa shape index (κ1) is 39.1. The number of anilines is 5. The average Bonchev–Trinajstić information content (AvgIpc) is 3.32. The summed E-state index contributed by atoms with van der Waals surface area (Å²) in [5.74, 6) is 0.995. The summed E-state index contributed by atoms with van der Waals surface area (Å²) >= 11 is 8.30. The maximum absolute atomic E-state index is 8.30. The molecule has 0 spiro atoms. The summed E-state index contributed by atoms with van der Waals surface area (Å²) in [7, 11) is 0. The van der Waals surface area contributed by atoms with Gasteiger partial charge >= 0.3 is 0 Å². The van der Waals surface area contributed by atoms with E-state index >= 15 is 0 Å². The zero-order valence-electron chi connectivity index (χ0n) is 37.2. The summed E-state index contributed by atoms with van der Waals surface area (Å²) in [6.07, 6.45) is 17.8. The minimum absolute atomic E-state index is 0.156. The highest BCUT2D eigenvalue weighted by Gasteiger charge is 2.55. The summed E-state index contributed by atoms with van der Waals surface area (Å²) in [6, 6.07) is 54.1. The van der Waals surface area contributed by atoms with Crippen LogP contribution in [0.15, 0.2) is 170 Å². The summed E-state index contributed by atoms with van der Waals surface area (Å²) in [5, 5.41) is 5.56. The highest BCUT2D eigenvalue weighted by Crippen LogP contribution is 2.65.